The van der Waals surface area contributed by atoms with Crippen LogP contribution in [0.1, 0.15) is 30.2 Å². The van der Waals surface area contributed by atoms with Crippen LogP contribution in [0.3, 0.4) is 0 Å². The molecule has 1 amide bonds. The standard InChI is InChI=1S/C24H24F3N3O/c1-4-5-18-15-22(30(2)3)20-14-19(11-12-21(20)28-18)29-23(31)13-8-16-6-9-17(10-7-16)24(25,26)27/h6-15H,4-5H2,1-3H3,(H,29,31)/b13-8+. The number of carbonyl (C=O) groups is 1. The first-order valence-electron chi connectivity index (χ1n) is 9.94. The molecule has 4 nitrogen and oxygen atoms in total. The lowest BCUT2D eigenvalue weighted by Crippen LogP contribution is -2.11. The molecule has 1 N–H and O–H groups in total. The van der Waals surface area contributed by atoms with E-state index >= 15 is 0 Å². The predicted molar refractivity (Wildman–Crippen MR) is 119 cm³/mol. The Morgan fingerprint density at radius 2 is 1.81 bits per heavy atom. The Kier molecular flexibility index (Phi) is 6.63. The summed E-state index contributed by atoms with van der Waals surface area (Å²) in [5, 5.41) is 3.72. The second-order valence-electron chi connectivity index (χ2n) is 7.45. The second-order valence-corrected chi connectivity index (χ2v) is 7.45. The second kappa shape index (κ2) is 9.20. The highest BCUT2D eigenvalue weighted by atomic mass is 19.4. The number of hydrogen-bond acceptors (Lipinski definition) is 3. The molecule has 0 spiro atoms. The Morgan fingerprint density at radius 3 is 2.42 bits per heavy atom. The topological polar surface area (TPSA) is 45.2 Å². The first kappa shape index (κ1) is 22.3. The van der Waals surface area contributed by atoms with Crippen molar-refractivity contribution in [3.63, 3.8) is 0 Å². The first-order chi connectivity index (χ1) is 14.7. The predicted octanol–water partition coefficient (Wildman–Crippen LogP) is 5.92. The molecule has 0 aliphatic carbocycles. The molecule has 1 heterocycles. The van der Waals surface area contributed by atoms with Gasteiger partial charge in [0.2, 0.25) is 5.91 Å². The van der Waals surface area contributed by atoms with Crippen molar-refractivity contribution in [1.29, 1.82) is 0 Å². The van der Waals surface area contributed by atoms with Crippen LogP contribution in [0.25, 0.3) is 17.0 Å². The zero-order valence-corrected chi connectivity index (χ0v) is 17.6. The van der Waals surface area contributed by atoms with Gasteiger partial charge in [0.1, 0.15) is 0 Å². The molecule has 0 bridgehead atoms. The minimum Gasteiger partial charge on any atom is -0.377 e. The van der Waals surface area contributed by atoms with Crippen LogP contribution in [-0.2, 0) is 17.4 Å². The number of halogens is 3. The highest BCUT2D eigenvalue weighted by Gasteiger charge is 2.29. The van der Waals surface area contributed by atoms with Crippen LogP contribution in [0, 0.1) is 0 Å². The number of nitrogens with zero attached hydrogens (tertiary/aromatic N) is 2. The Balaban J connectivity index is 1.78. The van der Waals surface area contributed by atoms with Gasteiger partial charge in [0.25, 0.3) is 0 Å². The average Bonchev–Trinajstić information content (AvgIpc) is 2.71. The highest BCUT2D eigenvalue weighted by molar-refractivity contribution is 6.04. The van der Waals surface area contributed by atoms with E-state index in [1.807, 2.05) is 31.1 Å². The molecule has 0 saturated carbocycles. The summed E-state index contributed by atoms with van der Waals surface area (Å²) < 4.78 is 37.9. The van der Waals surface area contributed by atoms with Crippen LogP contribution in [0.4, 0.5) is 24.5 Å². The molecular weight excluding hydrogens is 403 g/mol. The third-order valence-electron chi connectivity index (χ3n) is 4.76. The van der Waals surface area contributed by atoms with Gasteiger partial charge in [-0.2, -0.15) is 13.2 Å². The molecule has 2 aromatic carbocycles. The number of fused-ring (bicyclic) bond motifs is 1. The maximum atomic E-state index is 12.6. The summed E-state index contributed by atoms with van der Waals surface area (Å²) in [6.45, 7) is 2.11. The van der Waals surface area contributed by atoms with E-state index in [4.69, 9.17) is 4.98 Å². The number of nitrogens with one attached hydrogen (secondary N) is 1. The summed E-state index contributed by atoms with van der Waals surface area (Å²) in [6, 6.07) is 12.2. The van der Waals surface area contributed by atoms with Gasteiger partial charge >= 0.3 is 6.18 Å². The van der Waals surface area contributed by atoms with Crippen LogP contribution in [-0.4, -0.2) is 25.0 Å². The zero-order valence-electron chi connectivity index (χ0n) is 17.6. The third kappa shape index (κ3) is 5.63. The summed E-state index contributed by atoms with van der Waals surface area (Å²) in [4.78, 5) is 19.0. The Morgan fingerprint density at radius 1 is 1.10 bits per heavy atom. The molecule has 0 saturated heterocycles. The van der Waals surface area contributed by atoms with Crippen molar-refractivity contribution in [3.8, 4) is 0 Å². The van der Waals surface area contributed by atoms with E-state index in [1.165, 1.54) is 24.3 Å². The van der Waals surface area contributed by atoms with Crippen LogP contribution in [0.5, 0.6) is 0 Å². The minimum absolute atomic E-state index is 0.374. The fourth-order valence-corrected chi connectivity index (χ4v) is 3.23. The van der Waals surface area contributed by atoms with E-state index in [9.17, 15) is 18.0 Å². The fourth-order valence-electron chi connectivity index (χ4n) is 3.23. The molecule has 0 aliphatic heterocycles. The number of pyridine rings is 1. The van der Waals surface area contributed by atoms with E-state index in [-0.39, 0.29) is 5.91 Å². The Labute approximate surface area is 179 Å². The SMILES string of the molecule is CCCc1cc(N(C)C)c2cc(NC(=O)/C=C/c3ccc(C(F)(F)F)cc3)ccc2n1. The van der Waals surface area contributed by atoms with Crippen molar-refractivity contribution in [2.45, 2.75) is 25.9 Å². The third-order valence-corrected chi connectivity index (χ3v) is 4.76. The number of alkyl halides is 3. The number of rotatable bonds is 6. The molecule has 0 radical (unpaired) electrons. The van der Waals surface area contributed by atoms with E-state index in [2.05, 4.69) is 18.3 Å². The first-order valence-corrected chi connectivity index (χ1v) is 9.94. The highest BCUT2D eigenvalue weighted by Crippen LogP contribution is 2.30. The molecular formula is C24H24F3N3O. The maximum Gasteiger partial charge on any atom is 0.416 e. The quantitative estimate of drug-likeness (QED) is 0.497. The van der Waals surface area contributed by atoms with E-state index in [0.717, 1.165) is 47.3 Å². The normalized spacial score (nSPS) is 11.8. The largest absolute Gasteiger partial charge is 0.416 e. The number of benzene rings is 2. The molecule has 7 heteroatoms. The van der Waals surface area contributed by atoms with Crippen molar-refractivity contribution in [2.24, 2.45) is 0 Å². The van der Waals surface area contributed by atoms with Gasteiger partial charge in [-0.25, -0.2) is 0 Å². The monoisotopic (exact) mass is 427 g/mol. The zero-order chi connectivity index (χ0) is 22.6. The molecule has 3 aromatic rings. The summed E-state index contributed by atoms with van der Waals surface area (Å²) >= 11 is 0. The lowest BCUT2D eigenvalue weighted by molar-refractivity contribution is -0.137. The van der Waals surface area contributed by atoms with Crippen LogP contribution < -0.4 is 10.2 Å². The van der Waals surface area contributed by atoms with Crippen LogP contribution in [0.2, 0.25) is 0 Å². The number of anilines is 2. The number of aryl methyl sites for hydroxylation is 1. The van der Waals surface area contributed by atoms with Gasteiger partial charge in [-0.1, -0.05) is 25.5 Å². The van der Waals surface area contributed by atoms with Gasteiger partial charge in [-0.3, -0.25) is 9.78 Å². The lowest BCUT2D eigenvalue weighted by atomic mass is 10.1. The van der Waals surface area contributed by atoms with Gasteiger partial charge in [-0.05, 0) is 54.5 Å². The Hall–Kier alpha value is -3.35. The van der Waals surface area contributed by atoms with Crippen LogP contribution >= 0.6 is 0 Å². The fraction of sp³-hybridized carbons (Fsp3) is 0.250. The molecule has 31 heavy (non-hydrogen) atoms. The molecule has 0 fully saturated rings. The smallest absolute Gasteiger partial charge is 0.377 e. The van der Waals surface area contributed by atoms with E-state index < -0.39 is 11.7 Å². The average molecular weight is 427 g/mol. The van der Waals surface area contributed by atoms with Gasteiger partial charge in [0, 0.05) is 42.6 Å². The summed E-state index contributed by atoms with van der Waals surface area (Å²) in [5.41, 5.74) is 3.29. The van der Waals surface area contributed by atoms with Crippen LogP contribution in [0.15, 0.2) is 54.6 Å². The van der Waals surface area contributed by atoms with Crippen molar-refractivity contribution in [3.05, 3.63) is 71.4 Å². The Bertz CT molecular complexity index is 1100. The van der Waals surface area contributed by atoms with E-state index in [1.54, 1.807) is 6.07 Å². The molecule has 162 valence electrons. The number of hydrogen-bond donors (Lipinski definition) is 1. The van der Waals surface area contributed by atoms with Crippen molar-refractivity contribution in [1.82, 2.24) is 4.98 Å². The van der Waals surface area contributed by atoms with Gasteiger partial charge < -0.3 is 10.2 Å². The van der Waals surface area contributed by atoms with Crippen molar-refractivity contribution >= 4 is 34.3 Å². The van der Waals surface area contributed by atoms with Gasteiger partial charge in [0.05, 0.1) is 11.1 Å². The van der Waals surface area contributed by atoms with Gasteiger partial charge in [0.15, 0.2) is 0 Å². The van der Waals surface area contributed by atoms with Crippen molar-refractivity contribution in [2.75, 3.05) is 24.3 Å². The summed E-state index contributed by atoms with van der Waals surface area (Å²) in [7, 11) is 3.92. The number of amides is 1. The maximum absolute atomic E-state index is 12.6. The van der Waals surface area contributed by atoms with Crippen molar-refractivity contribution < 1.29 is 18.0 Å². The molecule has 3 rings (SSSR count). The summed E-state index contributed by atoms with van der Waals surface area (Å²) in [6.07, 6.45) is 0.282. The minimum atomic E-state index is -4.38. The summed E-state index contributed by atoms with van der Waals surface area (Å²) in [5.74, 6) is -0.374. The molecule has 0 atom stereocenters. The van der Waals surface area contributed by atoms with E-state index in [0.29, 0.717) is 11.3 Å². The van der Waals surface area contributed by atoms with Gasteiger partial charge in [-0.15, -0.1) is 0 Å². The number of carbonyl (C=O) groups excluding carboxylic acids is 1. The molecule has 0 aliphatic rings. The molecule has 0 unspecified atom stereocenters. The number of aromatic nitrogens is 1. The lowest BCUT2D eigenvalue weighted by Gasteiger charge is -2.17. The molecule has 1 aromatic heterocycles.